The quantitative estimate of drug-likeness (QED) is 0.869. The smallest absolute Gasteiger partial charge is 0.0951 e. The minimum Gasteiger partial charge on any atom is -0.397 e. The van der Waals surface area contributed by atoms with Gasteiger partial charge in [-0.2, -0.15) is 0 Å². The standard InChI is InChI=1S/C16H21N3O/c1-2-19(11-12-5-4-10-20-12)15-8-9-18-16-13(15)6-3-7-14(16)17/h3,6-9,12H,2,4-5,10-11,17H2,1H3. The SMILES string of the molecule is CCN(CC1CCCO1)c1ccnc2c(N)cccc12. The number of nitrogens with zero attached hydrogens (tertiary/aromatic N) is 2. The third-order valence-electron chi connectivity index (χ3n) is 3.95. The van der Waals surface area contributed by atoms with E-state index in [1.165, 1.54) is 12.1 Å². The number of fused-ring (bicyclic) bond motifs is 1. The van der Waals surface area contributed by atoms with E-state index < -0.39 is 0 Å². The lowest BCUT2D eigenvalue weighted by atomic mass is 10.1. The van der Waals surface area contributed by atoms with Gasteiger partial charge in [0.2, 0.25) is 0 Å². The molecular weight excluding hydrogens is 250 g/mol. The summed E-state index contributed by atoms with van der Waals surface area (Å²) in [5, 5.41) is 1.12. The predicted octanol–water partition coefficient (Wildman–Crippen LogP) is 2.82. The van der Waals surface area contributed by atoms with Gasteiger partial charge in [0.05, 0.1) is 17.3 Å². The first kappa shape index (κ1) is 13.2. The Morgan fingerprint density at radius 2 is 2.30 bits per heavy atom. The maximum Gasteiger partial charge on any atom is 0.0951 e. The lowest BCUT2D eigenvalue weighted by Gasteiger charge is -2.27. The first-order chi connectivity index (χ1) is 9.79. The summed E-state index contributed by atoms with van der Waals surface area (Å²) in [5.41, 5.74) is 8.84. The Hall–Kier alpha value is -1.81. The average Bonchev–Trinajstić information content (AvgIpc) is 2.98. The summed E-state index contributed by atoms with van der Waals surface area (Å²) in [6.45, 7) is 4.96. The van der Waals surface area contributed by atoms with E-state index in [1.807, 2.05) is 18.3 Å². The fourth-order valence-electron chi connectivity index (χ4n) is 2.89. The Morgan fingerprint density at radius 3 is 3.05 bits per heavy atom. The van der Waals surface area contributed by atoms with Gasteiger partial charge in [-0.05, 0) is 31.9 Å². The van der Waals surface area contributed by atoms with Crippen LogP contribution < -0.4 is 10.6 Å². The van der Waals surface area contributed by atoms with Crippen LogP contribution in [0.15, 0.2) is 30.5 Å². The van der Waals surface area contributed by atoms with E-state index in [4.69, 9.17) is 10.5 Å². The van der Waals surface area contributed by atoms with Gasteiger partial charge < -0.3 is 15.4 Å². The molecule has 106 valence electrons. The highest BCUT2D eigenvalue weighted by Crippen LogP contribution is 2.29. The van der Waals surface area contributed by atoms with Crippen molar-refractivity contribution >= 4 is 22.3 Å². The zero-order valence-corrected chi connectivity index (χ0v) is 11.9. The Kier molecular flexibility index (Phi) is 3.74. The van der Waals surface area contributed by atoms with E-state index in [0.717, 1.165) is 42.7 Å². The van der Waals surface area contributed by atoms with Crippen LogP contribution in [0.25, 0.3) is 10.9 Å². The molecule has 1 saturated heterocycles. The summed E-state index contributed by atoms with van der Waals surface area (Å²) in [4.78, 5) is 6.77. The molecule has 20 heavy (non-hydrogen) atoms. The molecule has 0 aliphatic carbocycles. The van der Waals surface area contributed by atoms with Crippen LogP contribution in [-0.4, -0.2) is 30.8 Å². The second-order valence-corrected chi connectivity index (χ2v) is 5.25. The lowest BCUT2D eigenvalue weighted by Crippen LogP contribution is -2.32. The van der Waals surface area contributed by atoms with E-state index in [9.17, 15) is 0 Å². The molecule has 3 rings (SSSR count). The maximum atomic E-state index is 6.02. The second-order valence-electron chi connectivity index (χ2n) is 5.25. The van der Waals surface area contributed by atoms with Gasteiger partial charge in [-0.15, -0.1) is 0 Å². The van der Waals surface area contributed by atoms with Crippen molar-refractivity contribution < 1.29 is 4.74 Å². The molecular formula is C16H21N3O. The summed E-state index contributed by atoms with van der Waals surface area (Å²) in [7, 11) is 0. The van der Waals surface area contributed by atoms with Crippen LogP contribution >= 0.6 is 0 Å². The molecule has 1 unspecified atom stereocenters. The zero-order valence-electron chi connectivity index (χ0n) is 11.9. The normalized spacial score (nSPS) is 18.6. The minimum absolute atomic E-state index is 0.347. The molecule has 2 heterocycles. The van der Waals surface area contributed by atoms with Crippen LogP contribution in [0.1, 0.15) is 19.8 Å². The number of aromatic nitrogens is 1. The van der Waals surface area contributed by atoms with Crippen LogP contribution in [0.5, 0.6) is 0 Å². The first-order valence-electron chi connectivity index (χ1n) is 7.29. The largest absolute Gasteiger partial charge is 0.397 e. The van der Waals surface area contributed by atoms with E-state index >= 15 is 0 Å². The Balaban J connectivity index is 1.96. The Bertz CT molecular complexity index is 593. The number of para-hydroxylation sites is 1. The molecule has 1 aliphatic rings. The monoisotopic (exact) mass is 271 g/mol. The van der Waals surface area contributed by atoms with Crippen LogP contribution in [0.3, 0.4) is 0 Å². The number of likely N-dealkylation sites (N-methyl/N-ethyl adjacent to an activating group) is 1. The highest BCUT2D eigenvalue weighted by atomic mass is 16.5. The van der Waals surface area contributed by atoms with Gasteiger partial charge in [-0.25, -0.2) is 0 Å². The van der Waals surface area contributed by atoms with Crippen LogP contribution in [0, 0.1) is 0 Å². The number of pyridine rings is 1. The molecule has 4 heteroatoms. The van der Waals surface area contributed by atoms with Gasteiger partial charge in [0.15, 0.2) is 0 Å². The van der Waals surface area contributed by atoms with Gasteiger partial charge in [0.25, 0.3) is 0 Å². The van der Waals surface area contributed by atoms with Gasteiger partial charge >= 0.3 is 0 Å². The molecule has 1 atom stereocenters. The number of hydrogen-bond acceptors (Lipinski definition) is 4. The highest BCUT2D eigenvalue weighted by Gasteiger charge is 2.20. The number of hydrogen-bond donors (Lipinski definition) is 1. The Morgan fingerprint density at radius 1 is 1.40 bits per heavy atom. The predicted molar refractivity (Wildman–Crippen MR) is 83.0 cm³/mol. The molecule has 2 aromatic rings. The molecule has 1 fully saturated rings. The zero-order chi connectivity index (χ0) is 13.9. The molecule has 1 aliphatic heterocycles. The van der Waals surface area contributed by atoms with Crippen molar-refractivity contribution in [2.45, 2.75) is 25.9 Å². The number of anilines is 2. The van der Waals surface area contributed by atoms with Gasteiger partial charge in [-0.1, -0.05) is 12.1 Å². The van der Waals surface area contributed by atoms with E-state index in [2.05, 4.69) is 28.9 Å². The fourth-order valence-corrected chi connectivity index (χ4v) is 2.89. The van der Waals surface area contributed by atoms with Crippen molar-refractivity contribution in [1.29, 1.82) is 0 Å². The molecule has 0 spiro atoms. The first-order valence-corrected chi connectivity index (χ1v) is 7.29. The Labute approximate surface area is 119 Å². The van der Waals surface area contributed by atoms with Crippen molar-refractivity contribution in [3.63, 3.8) is 0 Å². The van der Waals surface area contributed by atoms with E-state index in [1.54, 1.807) is 0 Å². The summed E-state index contributed by atoms with van der Waals surface area (Å²) in [6.07, 6.45) is 4.51. The topological polar surface area (TPSA) is 51.4 Å². The van der Waals surface area contributed by atoms with Crippen molar-refractivity contribution in [1.82, 2.24) is 4.98 Å². The van der Waals surface area contributed by atoms with Gasteiger partial charge in [0, 0.05) is 37.0 Å². The molecule has 0 amide bonds. The van der Waals surface area contributed by atoms with Crippen LogP contribution in [0.4, 0.5) is 11.4 Å². The molecule has 2 N–H and O–H groups in total. The molecule has 1 aromatic heterocycles. The van der Waals surface area contributed by atoms with Crippen molar-refractivity contribution in [3.8, 4) is 0 Å². The van der Waals surface area contributed by atoms with Crippen LogP contribution in [0.2, 0.25) is 0 Å². The molecule has 1 aromatic carbocycles. The van der Waals surface area contributed by atoms with Gasteiger partial charge in [-0.3, -0.25) is 4.98 Å². The van der Waals surface area contributed by atoms with Crippen LogP contribution in [-0.2, 0) is 4.74 Å². The van der Waals surface area contributed by atoms with Crippen molar-refractivity contribution in [2.24, 2.45) is 0 Å². The molecule has 0 saturated carbocycles. The summed E-state index contributed by atoms with van der Waals surface area (Å²) >= 11 is 0. The lowest BCUT2D eigenvalue weighted by molar-refractivity contribution is 0.116. The molecule has 4 nitrogen and oxygen atoms in total. The minimum atomic E-state index is 0.347. The number of nitrogen functional groups attached to an aromatic ring is 1. The highest BCUT2D eigenvalue weighted by molar-refractivity contribution is 5.98. The summed E-state index contributed by atoms with van der Waals surface area (Å²) in [5.74, 6) is 0. The third-order valence-corrected chi connectivity index (χ3v) is 3.95. The van der Waals surface area contributed by atoms with Crippen molar-refractivity contribution in [2.75, 3.05) is 30.3 Å². The summed E-state index contributed by atoms with van der Waals surface area (Å²) in [6, 6.07) is 8.05. The molecule has 0 radical (unpaired) electrons. The van der Waals surface area contributed by atoms with E-state index in [0.29, 0.717) is 6.10 Å². The average molecular weight is 271 g/mol. The maximum absolute atomic E-state index is 6.02. The summed E-state index contributed by atoms with van der Waals surface area (Å²) < 4.78 is 5.76. The number of rotatable bonds is 4. The number of nitrogens with two attached hydrogens (primary N) is 1. The number of ether oxygens (including phenoxy) is 1. The third kappa shape index (κ3) is 2.43. The van der Waals surface area contributed by atoms with E-state index in [-0.39, 0.29) is 0 Å². The second kappa shape index (κ2) is 5.67. The molecule has 0 bridgehead atoms. The van der Waals surface area contributed by atoms with Gasteiger partial charge in [0.1, 0.15) is 0 Å². The van der Waals surface area contributed by atoms with Crippen molar-refractivity contribution in [3.05, 3.63) is 30.5 Å². The number of benzene rings is 1. The fraction of sp³-hybridized carbons (Fsp3) is 0.438.